The molecule has 1 fully saturated rings. The van der Waals surface area contributed by atoms with E-state index in [4.69, 9.17) is 4.74 Å². The number of benzene rings is 1. The average molecular weight is 316 g/mol. The molecule has 1 aromatic rings. The van der Waals surface area contributed by atoms with E-state index >= 15 is 0 Å². The molecule has 6 nitrogen and oxygen atoms in total. The molecular weight excluding hydrogens is 296 g/mol. The number of hydrogen-bond acceptors (Lipinski definition) is 5. The number of methoxy groups -OCH3 is 1. The van der Waals surface area contributed by atoms with Gasteiger partial charge in [-0.05, 0) is 17.7 Å². The summed E-state index contributed by atoms with van der Waals surface area (Å²) >= 11 is 0. The molecule has 0 saturated carbocycles. The molecule has 6 heteroatoms. The van der Waals surface area contributed by atoms with Gasteiger partial charge in [0.15, 0.2) is 0 Å². The minimum atomic E-state index is -0.356. The van der Waals surface area contributed by atoms with E-state index in [0.29, 0.717) is 44.8 Å². The Morgan fingerprint density at radius 2 is 1.91 bits per heavy atom. The van der Waals surface area contributed by atoms with Crippen molar-refractivity contribution in [2.24, 2.45) is 10.9 Å². The van der Waals surface area contributed by atoms with E-state index in [-0.39, 0.29) is 17.8 Å². The van der Waals surface area contributed by atoms with Crippen LogP contribution in [0.25, 0.3) is 0 Å². The van der Waals surface area contributed by atoms with Crippen LogP contribution in [0.5, 0.6) is 0 Å². The third-order valence-corrected chi connectivity index (χ3v) is 4.25. The van der Waals surface area contributed by atoms with Crippen molar-refractivity contribution < 1.29 is 19.1 Å². The smallest absolute Gasteiger partial charge is 0.337 e. The first-order chi connectivity index (χ1) is 11.2. The number of hydrogen-bond donors (Lipinski definition) is 0. The van der Waals surface area contributed by atoms with E-state index in [9.17, 15) is 9.59 Å². The molecule has 1 saturated heterocycles. The molecule has 2 aliphatic rings. The maximum absolute atomic E-state index is 12.5. The van der Waals surface area contributed by atoms with Gasteiger partial charge < -0.3 is 14.4 Å². The summed E-state index contributed by atoms with van der Waals surface area (Å²) < 4.78 is 9.97. The summed E-state index contributed by atoms with van der Waals surface area (Å²) in [4.78, 5) is 30.3. The van der Waals surface area contributed by atoms with Crippen molar-refractivity contribution in [1.29, 1.82) is 0 Å². The minimum absolute atomic E-state index is 0.0802. The number of carbonyl (C=O) groups excluding carboxylic acids is 2. The molecule has 0 bridgehead atoms. The fourth-order valence-corrected chi connectivity index (χ4v) is 2.92. The summed E-state index contributed by atoms with van der Waals surface area (Å²) in [7, 11) is 1.36. The minimum Gasteiger partial charge on any atom is -0.465 e. The van der Waals surface area contributed by atoms with Gasteiger partial charge in [-0.1, -0.05) is 12.1 Å². The van der Waals surface area contributed by atoms with Crippen molar-refractivity contribution in [3.05, 3.63) is 35.4 Å². The molecule has 122 valence electrons. The van der Waals surface area contributed by atoms with E-state index < -0.39 is 0 Å². The lowest BCUT2D eigenvalue weighted by molar-refractivity contribution is -0.138. The SMILES string of the molecule is COC(=O)c1ccc(C2=NCC(C(=O)N3CCOCC3)C2)cc1. The second kappa shape index (κ2) is 6.91. The molecule has 2 aliphatic heterocycles. The molecule has 2 heterocycles. The van der Waals surface area contributed by atoms with Crippen LogP contribution < -0.4 is 0 Å². The molecule has 0 spiro atoms. The Balaban J connectivity index is 1.62. The predicted molar refractivity (Wildman–Crippen MR) is 84.7 cm³/mol. The van der Waals surface area contributed by atoms with Gasteiger partial charge in [0.25, 0.3) is 0 Å². The Kier molecular flexibility index (Phi) is 4.71. The fraction of sp³-hybridized carbons (Fsp3) is 0.471. The molecule has 1 amide bonds. The third-order valence-electron chi connectivity index (χ3n) is 4.25. The number of amides is 1. The first kappa shape index (κ1) is 15.7. The highest BCUT2D eigenvalue weighted by Crippen LogP contribution is 2.22. The van der Waals surface area contributed by atoms with E-state index in [2.05, 4.69) is 9.73 Å². The zero-order chi connectivity index (χ0) is 16.2. The first-order valence-electron chi connectivity index (χ1n) is 7.77. The molecule has 1 aromatic carbocycles. The normalized spacial score (nSPS) is 21.0. The number of aliphatic imine (C=N–C) groups is 1. The summed E-state index contributed by atoms with van der Waals surface area (Å²) in [5.41, 5.74) is 2.39. The van der Waals surface area contributed by atoms with E-state index in [0.717, 1.165) is 11.3 Å². The Morgan fingerprint density at radius 1 is 1.22 bits per heavy atom. The zero-order valence-corrected chi connectivity index (χ0v) is 13.2. The maximum atomic E-state index is 12.5. The number of esters is 1. The van der Waals surface area contributed by atoms with Crippen LogP contribution in [0.1, 0.15) is 22.3 Å². The Morgan fingerprint density at radius 3 is 2.57 bits per heavy atom. The molecule has 0 aliphatic carbocycles. The molecule has 0 radical (unpaired) electrons. The van der Waals surface area contributed by atoms with Crippen LogP contribution >= 0.6 is 0 Å². The highest BCUT2D eigenvalue weighted by Gasteiger charge is 2.30. The van der Waals surface area contributed by atoms with Crippen LogP contribution in [-0.4, -0.2) is 62.4 Å². The fourth-order valence-electron chi connectivity index (χ4n) is 2.92. The molecular formula is C17H20N2O4. The van der Waals surface area contributed by atoms with E-state index in [1.165, 1.54) is 7.11 Å². The lowest BCUT2D eigenvalue weighted by Gasteiger charge is -2.28. The summed E-state index contributed by atoms with van der Waals surface area (Å²) in [6.07, 6.45) is 0.647. The predicted octanol–water partition coefficient (Wildman–Crippen LogP) is 1.14. The van der Waals surface area contributed by atoms with Crippen molar-refractivity contribution in [3.8, 4) is 0 Å². The highest BCUT2D eigenvalue weighted by molar-refractivity contribution is 6.04. The monoisotopic (exact) mass is 316 g/mol. The number of rotatable bonds is 3. The third kappa shape index (κ3) is 3.42. The molecule has 0 aromatic heterocycles. The molecule has 0 N–H and O–H groups in total. The van der Waals surface area contributed by atoms with Gasteiger partial charge in [0, 0.05) is 25.2 Å². The number of nitrogens with zero attached hydrogens (tertiary/aromatic N) is 2. The van der Waals surface area contributed by atoms with Gasteiger partial charge in [-0.3, -0.25) is 9.79 Å². The van der Waals surface area contributed by atoms with Gasteiger partial charge in [-0.25, -0.2) is 4.79 Å². The van der Waals surface area contributed by atoms with Gasteiger partial charge in [-0.15, -0.1) is 0 Å². The quantitative estimate of drug-likeness (QED) is 0.784. The molecule has 1 atom stereocenters. The van der Waals surface area contributed by atoms with Crippen LogP contribution in [0.3, 0.4) is 0 Å². The van der Waals surface area contributed by atoms with E-state index in [1.807, 2.05) is 17.0 Å². The van der Waals surface area contributed by atoms with Gasteiger partial charge >= 0.3 is 5.97 Å². The summed E-state index contributed by atoms with van der Waals surface area (Å²) in [5, 5.41) is 0. The maximum Gasteiger partial charge on any atom is 0.337 e. The molecule has 3 rings (SSSR count). The van der Waals surface area contributed by atoms with Crippen LogP contribution in [0.2, 0.25) is 0 Å². The topological polar surface area (TPSA) is 68.2 Å². The zero-order valence-electron chi connectivity index (χ0n) is 13.2. The molecule has 23 heavy (non-hydrogen) atoms. The number of ether oxygens (including phenoxy) is 2. The average Bonchev–Trinajstić information content (AvgIpc) is 3.11. The largest absolute Gasteiger partial charge is 0.465 e. The van der Waals surface area contributed by atoms with E-state index in [1.54, 1.807) is 12.1 Å². The van der Waals surface area contributed by atoms with Gasteiger partial charge in [0.2, 0.25) is 5.91 Å². The van der Waals surface area contributed by atoms with Gasteiger partial charge in [0.1, 0.15) is 0 Å². The summed E-state index contributed by atoms with van der Waals surface area (Å²) in [6.45, 7) is 3.09. The lowest BCUT2D eigenvalue weighted by atomic mass is 9.99. The van der Waals surface area contributed by atoms with Crippen LogP contribution in [0, 0.1) is 5.92 Å². The van der Waals surface area contributed by atoms with Gasteiger partial charge in [-0.2, -0.15) is 0 Å². The van der Waals surface area contributed by atoms with Crippen molar-refractivity contribution in [1.82, 2.24) is 4.90 Å². The Hall–Kier alpha value is -2.21. The van der Waals surface area contributed by atoms with Crippen molar-refractivity contribution in [2.75, 3.05) is 40.0 Å². The standard InChI is InChI=1S/C17H20N2O4/c1-22-17(21)13-4-2-12(3-5-13)15-10-14(11-18-15)16(20)19-6-8-23-9-7-19/h2-5,14H,6-11H2,1H3. The Bertz CT molecular complexity index is 618. The second-order valence-corrected chi connectivity index (χ2v) is 5.70. The highest BCUT2D eigenvalue weighted by atomic mass is 16.5. The molecule has 1 unspecified atom stereocenters. The van der Waals surface area contributed by atoms with Crippen molar-refractivity contribution >= 4 is 17.6 Å². The number of carbonyl (C=O) groups is 2. The first-order valence-corrected chi connectivity index (χ1v) is 7.77. The van der Waals surface area contributed by atoms with Crippen molar-refractivity contribution in [2.45, 2.75) is 6.42 Å². The number of morpholine rings is 1. The Labute approximate surface area is 135 Å². The second-order valence-electron chi connectivity index (χ2n) is 5.70. The van der Waals surface area contributed by atoms with Crippen LogP contribution in [0.15, 0.2) is 29.3 Å². The van der Waals surface area contributed by atoms with Crippen LogP contribution in [-0.2, 0) is 14.3 Å². The summed E-state index contributed by atoms with van der Waals surface area (Å²) in [6, 6.07) is 7.15. The lowest BCUT2D eigenvalue weighted by Crippen LogP contribution is -2.44. The van der Waals surface area contributed by atoms with Crippen LogP contribution in [0.4, 0.5) is 0 Å². The van der Waals surface area contributed by atoms with Crippen molar-refractivity contribution in [3.63, 3.8) is 0 Å². The summed E-state index contributed by atoms with van der Waals surface area (Å²) in [5.74, 6) is -0.271. The van der Waals surface area contributed by atoms with Gasteiger partial charge in [0.05, 0.1) is 38.3 Å².